The second-order valence-electron chi connectivity index (χ2n) is 5.52. The predicted octanol–water partition coefficient (Wildman–Crippen LogP) is 3.82. The normalized spacial score (nSPS) is 18.5. The standard InChI is InChI=1S/C15H22ClFN2/c16-14-8-4-7-12(15(14)17)10-13(19-18)9-11-5-2-1-3-6-11/h4,7-8,11,13,19H,1-3,5-6,9-10,18H2. The van der Waals surface area contributed by atoms with Crippen LogP contribution in [0.5, 0.6) is 0 Å². The van der Waals surface area contributed by atoms with Gasteiger partial charge >= 0.3 is 0 Å². The Morgan fingerprint density at radius 2 is 2.05 bits per heavy atom. The highest BCUT2D eigenvalue weighted by molar-refractivity contribution is 6.30. The van der Waals surface area contributed by atoms with Crippen molar-refractivity contribution in [3.63, 3.8) is 0 Å². The van der Waals surface area contributed by atoms with Gasteiger partial charge in [0.1, 0.15) is 5.82 Å². The van der Waals surface area contributed by atoms with Crippen molar-refractivity contribution in [1.29, 1.82) is 0 Å². The molecule has 0 spiro atoms. The van der Waals surface area contributed by atoms with Gasteiger partial charge in [0.25, 0.3) is 0 Å². The van der Waals surface area contributed by atoms with Crippen LogP contribution in [0, 0.1) is 11.7 Å². The summed E-state index contributed by atoms with van der Waals surface area (Å²) < 4.78 is 13.9. The lowest BCUT2D eigenvalue weighted by atomic mass is 9.84. The number of nitrogens with one attached hydrogen (secondary N) is 1. The highest BCUT2D eigenvalue weighted by atomic mass is 35.5. The molecule has 1 aliphatic rings. The lowest BCUT2D eigenvalue weighted by molar-refractivity contribution is 0.297. The minimum Gasteiger partial charge on any atom is -0.271 e. The molecule has 1 saturated carbocycles. The Labute approximate surface area is 119 Å². The van der Waals surface area contributed by atoms with Crippen molar-refractivity contribution in [2.45, 2.75) is 51.0 Å². The summed E-state index contributed by atoms with van der Waals surface area (Å²) >= 11 is 5.81. The molecule has 1 fully saturated rings. The van der Waals surface area contributed by atoms with Crippen LogP contribution in [-0.4, -0.2) is 6.04 Å². The van der Waals surface area contributed by atoms with E-state index >= 15 is 0 Å². The molecule has 0 radical (unpaired) electrons. The van der Waals surface area contributed by atoms with Crippen molar-refractivity contribution in [2.24, 2.45) is 11.8 Å². The molecule has 2 rings (SSSR count). The van der Waals surface area contributed by atoms with Crippen LogP contribution in [0.4, 0.5) is 4.39 Å². The van der Waals surface area contributed by atoms with Crippen molar-refractivity contribution in [3.8, 4) is 0 Å². The Morgan fingerprint density at radius 1 is 1.32 bits per heavy atom. The highest BCUT2D eigenvalue weighted by Crippen LogP contribution is 2.28. The first-order chi connectivity index (χ1) is 9.20. The van der Waals surface area contributed by atoms with Crippen molar-refractivity contribution in [2.75, 3.05) is 0 Å². The molecular weight excluding hydrogens is 263 g/mol. The maximum absolute atomic E-state index is 13.9. The molecule has 0 aromatic heterocycles. The van der Waals surface area contributed by atoms with Crippen molar-refractivity contribution in [1.82, 2.24) is 5.43 Å². The second-order valence-corrected chi connectivity index (χ2v) is 5.93. The first-order valence-corrected chi connectivity index (χ1v) is 7.47. The van der Waals surface area contributed by atoms with Crippen molar-refractivity contribution >= 4 is 11.6 Å². The number of nitrogens with two attached hydrogens (primary N) is 1. The number of hydrazine groups is 1. The monoisotopic (exact) mass is 284 g/mol. The molecular formula is C15H22ClFN2. The van der Waals surface area contributed by atoms with Gasteiger partial charge in [-0.2, -0.15) is 0 Å². The van der Waals surface area contributed by atoms with E-state index < -0.39 is 0 Å². The van der Waals surface area contributed by atoms with E-state index in [1.54, 1.807) is 18.2 Å². The van der Waals surface area contributed by atoms with Crippen LogP contribution in [0.1, 0.15) is 44.1 Å². The second kappa shape index (κ2) is 7.22. The fourth-order valence-electron chi connectivity index (χ4n) is 3.01. The van der Waals surface area contributed by atoms with Gasteiger partial charge in [0.15, 0.2) is 0 Å². The molecule has 1 unspecified atom stereocenters. The number of benzene rings is 1. The van der Waals surface area contributed by atoms with Gasteiger partial charge in [0, 0.05) is 6.04 Å². The molecule has 0 heterocycles. The van der Waals surface area contributed by atoms with Crippen LogP contribution >= 0.6 is 11.6 Å². The summed E-state index contributed by atoms with van der Waals surface area (Å²) in [5, 5.41) is 0.186. The van der Waals surface area contributed by atoms with Gasteiger partial charge in [-0.05, 0) is 30.4 Å². The molecule has 4 heteroatoms. The molecule has 2 nitrogen and oxygen atoms in total. The van der Waals surface area contributed by atoms with E-state index in [4.69, 9.17) is 17.4 Å². The highest BCUT2D eigenvalue weighted by Gasteiger charge is 2.19. The summed E-state index contributed by atoms with van der Waals surface area (Å²) in [5.41, 5.74) is 3.48. The van der Waals surface area contributed by atoms with Crippen LogP contribution in [0.2, 0.25) is 5.02 Å². The van der Waals surface area contributed by atoms with Gasteiger partial charge in [-0.25, -0.2) is 4.39 Å². The first kappa shape index (κ1) is 14.8. The summed E-state index contributed by atoms with van der Waals surface area (Å²) in [6.45, 7) is 0. The van der Waals surface area contributed by atoms with Crippen LogP contribution in [0.25, 0.3) is 0 Å². The summed E-state index contributed by atoms with van der Waals surface area (Å²) in [5.74, 6) is 6.03. The van der Waals surface area contributed by atoms with E-state index in [0.29, 0.717) is 12.0 Å². The molecule has 3 N–H and O–H groups in total. The molecule has 0 amide bonds. The molecule has 0 aliphatic heterocycles. The lowest BCUT2D eigenvalue weighted by Crippen LogP contribution is -2.38. The summed E-state index contributed by atoms with van der Waals surface area (Å²) in [6, 6.07) is 5.27. The fourth-order valence-corrected chi connectivity index (χ4v) is 3.20. The van der Waals surface area contributed by atoms with E-state index in [-0.39, 0.29) is 16.9 Å². The van der Waals surface area contributed by atoms with Crippen molar-refractivity contribution < 1.29 is 4.39 Å². The molecule has 1 aromatic carbocycles. The Morgan fingerprint density at radius 3 is 2.74 bits per heavy atom. The zero-order valence-corrected chi connectivity index (χ0v) is 11.9. The number of hydrogen-bond donors (Lipinski definition) is 2. The minimum absolute atomic E-state index is 0.121. The van der Waals surface area contributed by atoms with E-state index in [9.17, 15) is 4.39 Å². The molecule has 1 aliphatic carbocycles. The minimum atomic E-state index is -0.312. The third kappa shape index (κ3) is 4.16. The maximum Gasteiger partial charge on any atom is 0.145 e. The predicted molar refractivity (Wildman–Crippen MR) is 77.4 cm³/mol. The molecule has 1 aromatic rings. The maximum atomic E-state index is 13.9. The number of halogens is 2. The third-order valence-corrected chi connectivity index (χ3v) is 4.37. The number of hydrogen-bond acceptors (Lipinski definition) is 2. The molecule has 0 bridgehead atoms. The Hall–Kier alpha value is -0.640. The van der Waals surface area contributed by atoms with E-state index in [2.05, 4.69) is 5.43 Å². The molecule has 1 atom stereocenters. The first-order valence-electron chi connectivity index (χ1n) is 7.09. The molecule has 106 valence electrons. The summed E-state index contributed by atoms with van der Waals surface area (Å²) in [7, 11) is 0. The lowest BCUT2D eigenvalue weighted by Gasteiger charge is -2.26. The zero-order chi connectivity index (χ0) is 13.7. The Balaban J connectivity index is 1.96. The Bertz CT molecular complexity index is 405. The fraction of sp³-hybridized carbons (Fsp3) is 0.600. The quantitative estimate of drug-likeness (QED) is 0.637. The summed E-state index contributed by atoms with van der Waals surface area (Å²) in [6.07, 6.45) is 8.13. The van der Waals surface area contributed by atoms with Crippen molar-refractivity contribution in [3.05, 3.63) is 34.6 Å². The van der Waals surface area contributed by atoms with Crippen LogP contribution in [0.15, 0.2) is 18.2 Å². The average Bonchev–Trinajstić information content (AvgIpc) is 2.44. The average molecular weight is 285 g/mol. The van der Waals surface area contributed by atoms with Gasteiger partial charge in [-0.3, -0.25) is 11.3 Å². The Kier molecular flexibility index (Phi) is 5.61. The SMILES string of the molecule is NNC(Cc1cccc(Cl)c1F)CC1CCCCC1. The third-order valence-electron chi connectivity index (χ3n) is 4.08. The smallest absolute Gasteiger partial charge is 0.145 e. The van der Waals surface area contributed by atoms with Crippen LogP contribution < -0.4 is 11.3 Å². The molecule has 19 heavy (non-hydrogen) atoms. The van der Waals surface area contributed by atoms with Crippen LogP contribution in [-0.2, 0) is 6.42 Å². The van der Waals surface area contributed by atoms with E-state index in [1.165, 1.54) is 32.1 Å². The van der Waals surface area contributed by atoms with E-state index in [1.807, 2.05) is 0 Å². The van der Waals surface area contributed by atoms with Gasteiger partial charge in [-0.1, -0.05) is 55.8 Å². The summed E-state index contributed by atoms with van der Waals surface area (Å²) in [4.78, 5) is 0. The van der Waals surface area contributed by atoms with Crippen LogP contribution in [0.3, 0.4) is 0 Å². The topological polar surface area (TPSA) is 38.0 Å². The van der Waals surface area contributed by atoms with Gasteiger partial charge in [0.2, 0.25) is 0 Å². The largest absolute Gasteiger partial charge is 0.271 e. The van der Waals surface area contributed by atoms with Gasteiger partial charge in [0.05, 0.1) is 5.02 Å². The zero-order valence-electron chi connectivity index (χ0n) is 11.2. The van der Waals surface area contributed by atoms with Gasteiger partial charge in [-0.15, -0.1) is 0 Å². The van der Waals surface area contributed by atoms with E-state index in [0.717, 1.165) is 12.3 Å². The van der Waals surface area contributed by atoms with Gasteiger partial charge < -0.3 is 0 Å². The molecule has 0 saturated heterocycles. The number of rotatable bonds is 5.